The molecule has 0 aromatic heterocycles. The van der Waals surface area contributed by atoms with Gasteiger partial charge in [-0.15, -0.1) is 13.2 Å². The van der Waals surface area contributed by atoms with E-state index in [2.05, 4.69) is 4.74 Å². The topological polar surface area (TPSA) is 9.23 Å². The average molecular weight is 338 g/mol. The first kappa shape index (κ1) is 19.1. The van der Waals surface area contributed by atoms with E-state index in [1.54, 1.807) is 0 Å². The second-order valence-electron chi connectivity index (χ2n) is 4.55. The fourth-order valence-electron chi connectivity index (χ4n) is 2.02. The zero-order valence-corrected chi connectivity index (χ0v) is 12.8. The van der Waals surface area contributed by atoms with Crippen LogP contribution >= 0.6 is 0 Å². The monoisotopic (exact) mass is 338 g/mol. The molecule has 1 aromatic carbocycles. The van der Waals surface area contributed by atoms with E-state index in [9.17, 15) is 26.3 Å². The van der Waals surface area contributed by atoms with Crippen molar-refractivity contribution in [2.24, 2.45) is 0 Å². The maximum Gasteiger partial charge on any atom is 0.572 e. The molecule has 23 heavy (non-hydrogen) atoms. The Bertz CT molecular complexity index is 628. The zero-order chi connectivity index (χ0) is 17.8. The van der Waals surface area contributed by atoms with Crippen molar-refractivity contribution in [2.45, 2.75) is 40.0 Å². The number of aryl methyl sites for hydroxylation is 1. The highest BCUT2D eigenvalue weighted by Gasteiger charge is 2.34. The Balaban J connectivity index is 0.00000127. The summed E-state index contributed by atoms with van der Waals surface area (Å²) < 4.78 is 80.5. The molecule has 1 aliphatic rings. The molecule has 0 atom stereocenters. The highest BCUT2D eigenvalue weighted by Crippen LogP contribution is 2.36. The molecule has 0 amide bonds. The van der Waals surface area contributed by atoms with Gasteiger partial charge in [-0.3, -0.25) is 0 Å². The first-order valence-electron chi connectivity index (χ1n) is 6.99. The summed E-state index contributed by atoms with van der Waals surface area (Å²) in [7, 11) is 0. The Labute approximate surface area is 130 Å². The van der Waals surface area contributed by atoms with Crippen molar-refractivity contribution < 1.29 is 31.1 Å². The zero-order valence-electron chi connectivity index (χ0n) is 12.8. The lowest BCUT2D eigenvalue weighted by molar-refractivity contribution is -0.307. The van der Waals surface area contributed by atoms with E-state index < -0.39 is 29.6 Å². The Morgan fingerprint density at radius 3 is 2.09 bits per heavy atom. The lowest BCUT2D eigenvalue weighted by atomic mass is 9.94. The molecule has 7 heteroatoms. The van der Waals surface area contributed by atoms with E-state index in [-0.39, 0.29) is 29.5 Å². The lowest BCUT2D eigenvalue weighted by Gasteiger charge is -2.19. The summed E-state index contributed by atoms with van der Waals surface area (Å²) in [6.45, 7) is 5.37. The Morgan fingerprint density at radius 2 is 1.57 bits per heavy atom. The van der Waals surface area contributed by atoms with E-state index >= 15 is 0 Å². The van der Waals surface area contributed by atoms with Gasteiger partial charge in [-0.25, -0.2) is 13.2 Å². The molecule has 0 heterocycles. The molecule has 0 unspecified atom stereocenters. The number of halogens is 6. The van der Waals surface area contributed by atoms with Crippen LogP contribution in [0.3, 0.4) is 0 Å². The highest BCUT2D eigenvalue weighted by atomic mass is 19.4. The third kappa shape index (κ3) is 4.77. The molecule has 0 spiro atoms. The van der Waals surface area contributed by atoms with Crippen LogP contribution in [-0.4, -0.2) is 6.36 Å². The average Bonchev–Trinajstić information content (AvgIpc) is 2.48. The molecule has 0 saturated heterocycles. The van der Waals surface area contributed by atoms with Crippen molar-refractivity contribution in [1.82, 2.24) is 0 Å². The van der Waals surface area contributed by atoms with E-state index in [0.29, 0.717) is 0 Å². The number of benzene rings is 1. The second kappa shape index (κ2) is 7.57. The molecule has 1 aliphatic carbocycles. The predicted octanol–water partition coefficient (Wildman–Crippen LogP) is 6.19. The number of ether oxygens (including phenoxy) is 1. The Hall–Kier alpha value is -1.92. The summed E-state index contributed by atoms with van der Waals surface area (Å²) in [6.07, 6.45) is -4.72. The van der Waals surface area contributed by atoms with Crippen molar-refractivity contribution in [3.8, 4) is 0 Å². The fraction of sp³-hybridized carbons (Fsp3) is 0.375. The van der Waals surface area contributed by atoms with Gasteiger partial charge in [-0.1, -0.05) is 26.0 Å². The predicted molar refractivity (Wildman–Crippen MR) is 74.9 cm³/mol. The molecular formula is C16H16F6O. The molecule has 0 fully saturated rings. The molecule has 0 radical (unpaired) electrons. The standard InChI is InChI=1S/C14H10F6O.C2H6/c1-7-2-4-9(13(17)12(7)16)8-3-5-11(10(15)6-8)21-14(18,19)20;1-2/h2,4,6H,3,5H2,1H3;1-2H3. The van der Waals surface area contributed by atoms with Crippen molar-refractivity contribution >= 4 is 5.57 Å². The van der Waals surface area contributed by atoms with Crippen LogP contribution in [0.15, 0.2) is 29.8 Å². The number of allylic oxidation sites excluding steroid dienone is 4. The minimum Gasteiger partial charge on any atom is -0.407 e. The quantitative estimate of drug-likeness (QED) is 0.584. The molecule has 128 valence electrons. The number of hydrogen-bond donors (Lipinski definition) is 0. The maximum absolute atomic E-state index is 13.8. The molecular weight excluding hydrogens is 322 g/mol. The van der Waals surface area contributed by atoms with Crippen LogP contribution in [0, 0.1) is 18.6 Å². The number of hydrogen-bond acceptors (Lipinski definition) is 1. The van der Waals surface area contributed by atoms with E-state index in [1.165, 1.54) is 19.1 Å². The molecule has 0 bridgehead atoms. The van der Waals surface area contributed by atoms with Crippen LogP contribution in [0.5, 0.6) is 0 Å². The summed E-state index contributed by atoms with van der Waals surface area (Å²) in [4.78, 5) is 0. The van der Waals surface area contributed by atoms with E-state index in [1.807, 2.05) is 13.8 Å². The van der Waals surface area contributed by atoms with Crippen molar-refractivity contribution in [3.05, 3.63) is 52.6 Å². The van der Waals surface area contributed by atoms with E-state index in [0.717, 1.165) is 6.08 Å². The van der Waals surface area contributed by atoms with Gasteiger partial charge in [0.2, 0.25) is 0 Å². The van der Waals surface area contributed by atoms with Gasteiger partial charge in [0.15, 0.2) is 17.5 Å². The molecule has 1 nitrogen and oxygen atoms in total. The number of alkyl halides is 3. The summed E-state index contributed by atoms with van der Waals surface area (Å²) in [5, 5.41) is 0. The van der Waals surface area contributed by atoms with Gasteiger partial charge in [0.05, 0.1) is 0 Å². The lowest BCUT2D eigenvalue weighted by Crippen LogP contribution is -2.15. The largest absolute Gasteiger partial charge is 0.572 e. The Kier molecular flexibility index (Phi) is 6.29. The van der Waals surface area contributed by atoms with Gasteiger partial charge in [0.25, 0.3) is 0 Å². The fourth-order valence-corrected chi connectivity index (χ4v) is 2.02. The smallest absolute Gasteiger partial charge is 0.407 e. The summed E-state index contributed by atoms with van der Waals surface area (Å²) in [5.41, 5.74) is 0.00232. The molecule has 0 N–H and O–H groups in total. The van der Waals surface area contributed by atoms with Gasteiger partial charge in [0, 0.05) is 12.0 Å². The van der Waals surface area contributed by atoms with Crippen LogP contribution < -0.4 is 0 Å². The Morgan fingerprint density at radius 1 is 0.957 bits per heavy atom. The van der Waals surface area contributed by atoms with Gasteiger partial charge >= 0.3 is 6.36 Å². The van der Waals surface area contributed by atoms with Crippen LogP contribution in [0.25, 0.3) is 5.57 Å². The van der Waals surface area contributed by atoms with Gasteiger partial charge < -0.3 is 4.74 Å². The first-order chi connectivity index (χ1) is 10.7. The van der Waals surface area contributed by atoms with Crippen LogP contribution in [0.1, 0.15) is 37.8 Å². The minimum atomic E-state index is -4.99. The maximum atomic E-state index is 13.8. The van der Waals surface area contributed by atoms with Gasteiger partial charge in [0.1, 0.15) is 5.76 Å². The van der Waals surface area contributed by atoms with Crippen molar-refractivity contribution in [3.63, 3.8) is 0 Å². The van der Waals surface area contributed by atoms with Gasteiger partial charge in [-0.05, 0) is 30.6 Å². The van der Waals surface area contributed by atoms with E-state index in [4.69, 9.17) is 0 Å². The molecule has 0 saturated carbocycles. The van der Waals surface area contributed by atoms with Gasteiger partial charge in [-0.2, -0.15) is 0 Å². The second-order valence-corrected chi connectivity index (χ2v) is 4.55. The summed E-state index contributed by atoms with van der Waals surface area (Å²) in [5.74, 6) is -4.31. The third-order valence-corrected chi connectivity index (χ3v) is 3.05. The van der Waals surface area contributed by atoms with Crippen LogP contribution in [-0.2, 0) is 4.74 Å². The molecule has 2 rings (SSSR count). The minimum absolute atomic E-state index is 0.0819. The van der Waals surface area contributed by atoms with Crippen LogP contribution in [0.4, 0.5) is 26.3 Å². The summed E-state index contributed by atoms with van der Waals surface area (Å²) in [6, 6.07) is 2.58. The number of rotatable bonds is 2. The van der Waals surface area contributed by atoms with Crippen molar-refractivity contribution in [1.29, 1.82) is 0 Å². The SMILES string of the molecule is CC.Cc1ccc(C2=CC(F)=C(OC(F)(F)F)CC2)c(F)c1F. The van der Waals surface area contributed by atoms with Crippen molar-refractivity contribution in [2.75, 3.05) is 0 Å². The molecule has 0 aliphatic heterocycles. The van der Waals surface area contributed by atoms with Crippen LogP contribution in [0.2, 0.25) is 0 Å². The first-order valence-corrected chi connectivity index (χ1v) is 6.99. The third-order valence-electron chi connectivity index (χ3n) is 3.05. The molecule has 1 aromatic rings. The highest BCUT2D eigenvalue weighted by molar-refractivity contribution is 5.70. The normalized spacial score (nSPS) is 14.9. The summed E-state index contributed by atoms with van der Waals surface area (Å²) >= 11 is 0.